The van der Waals surface area contributed by atoms with E-state index in [1.165, 1.54) is 0 Å². The largest absolute Gasteiger partial charge is 0.377 e. The molecule has 5 heteroatoms. The number of carbonyl (C=O) groups is 1. The van der Waals surface area contributed by atoms with Crippen molar-refractivity contribution >= 4 is 17.3 Å². The minimum Gasteiger partial charge on any atom is -0.377 e. The summed E-state index contributed by atoms with van der Waals surface area (Å²) in [7, 11) is 3.94. The molecule has 1 aromatic carbocycles. The summed E-state index contributed by atoms with van der Waals surface area (Å²) < 4.78 is 5.07. The first-order valence-corrected chi connectivity index (χ1v) is 5.90. The van der Waals surface area contributed by atoms with E-state index in [2.05, 4.69) is 5.32 Å². The fraction of sp³-hybridized carbons (Fsp3) is 0.462. The second kappa shape index (κ2) is 6.98. The standard InChI is InChI=1S/C13H21N3O2/c1-10-4-5-11(8-12(10)16(2)3)15-13(17)9-18-7-6-14/h4-5,8H,6-7,9,14H2,1-3H3,(H,15,17). The lowest BCUT2D eigenvalue weighted by atomic mass is 10.1. The van der Waals surface area contributed by atoms with Gasteiger partial charge in [0.15, 0.2) is 0 Å². The monoisotopic (exact) mass is 251 g/mol. The van der Waals surface area contributed by atoms with E-state index in [4.69, 9.17) is 10.5 Å². The zero-order valence-electron chi connectivity index (χ0n) is 11.2. The van der Waals surface area contributed by atoms with Gasteiger partial charge in [-0.2, -0.15) is 0 Å². The summed E-state index contributed by atoms with van der Waals surface area (Å²) in [6, 6.07) is 5.80. The van der Waals surface area contributed by atoms with Gasteiger partial charge in [-0.25, -0.2) is 0 Å². The van der Waals surface area contributed by atoms with E-state index in [-0.39, 0.29) is 12.5 Å². The Bertz CT molecular complexity index is 405. The fourth-order valence-electron chi connectivity index (χ4n) is 1.61. The lowest BCUT2D eigenvalue weighted by Gasteiger charge is -2.17. The molecule has 0 fully saturated rings. The number of amides is 1. The van der Waals surface area contributed by atoms with Crippen molar-refractivity contribution in [1.29, 1.82) is 0 Å². The second-order valence-corrected chi connectivity index (χ2v) is 4.29. The van der Waals surface area contributed by atoms with Crippen molar-refractivity contribution in [3.63, 3.8) is 0 Å². The molecule has 0 aliphatic heterocycles. The SMILES string of the molecule is Cc1ccc(NC(=O)COCCN)cc1N(C)C. The van der Waals surface area contributed by atoms with Crippen LogP contribution in [-0.2, 0) is 9.53 Å². The van der Waals surface area contributed by atoms with Gasteiger partial charge in [0.2, 0.25) is 5.91 Å². The highest BCUT2D eigenvalue weighted by molar-refractivity contribution is 5.92. The minimum absolute atomic E-state index is 0.0301. The van der Waals surface area contributed by atoms with E-state index >= 15 is 0 Å². The minimum atomic E-state index is -0.169. The topological polar surface area (TPSA) is 67.6 Å². The predicted molar refractivity (Wildman–Crippen MR) is 74.0 cm³/mol. The zero-order valence-corrected chi connectivity index (χ0v) is 11.2. The van der Waals surface area contributed by atoms with E-state index in [1.54, 1.807) is 0 Å². The molecule has 0 bridgehead atoms. The van der Waals surface area contributed by atoms with Gasteiger partial charge in [0, 0.05) is 32.0 Å². The molecule has 0 spiro atoms. The van der Waals surface area contributed by atoms with Gasteiger partial charge in [-0.1, -0.05) is 6.07 Å². The van der Waals surface area contributed by atoms with E-state index < -0.39 is 0 Å². The van der Waals surface area contributed by atoms with Gasteiger partial charge in [-0.05, 0) is 24.6 Å². The van der Waals surface area contributed by atoms with Crippen LogP contribution in [0, 0.1) is 6.92 Å². The van der Waals surface area contributed by atoms with Crippen molar-refractivity contribution in [2.24, 2.45) is 5.73 Å². The Morgan fingerprint density at radius 3 is 2.78 bits per heavy atom. The van der Waals surface area contributed by atoms with Crippen molar-refractivity contribution in [1.82, 2.24) is 0 Å². The number of rotatable bonds is 6. The summed E-state index contributed by atoms with van der Waals surface area (Å²) in [4.78, 5) is 13.6. The second-order valence-electron chi connectivity index (χ2n) is 4.29. The van der Waals surface area contributed by atoms with Crippen LogP contribution in [0.3, 0.4) is 0 Å². The van der Waals surface area contributed by atoms with Crippen molar-refractivity contribution in [2.75, 3.05) is 44.1 Å². The van der Waals surface area contributed by atoms with Crippen molar-refractivity contribution in [3.05, 3.63) is 23.8 Å². The molecular formula is C13H21N3O2. The number of anilines is 2. The smallest absolute Gasteiger partial charge is 0.250 e. The van der Waals surface area contributed by atoms with E-state index in [0.29, 0.717) is 13.2 Å². The molecule has 5 nitrogen and oxygen atoms in total. The van der Waals surface area contributed by atoms with Gasteiger partial charge >= 0.3 is 0 Å². The third kappa shape index (κ3) is 4.35. The van der Waals surface area contributed by atoms with Crippen LogP contribution in [0.4, 0.5) is 11.4 Å². The van der Waals surface area contributed by atoms with Gasteiger partial charge in [-0.3, -0.25) is 4.79 Å². The zero-order chi connectivity index (χ0) is 13.5. The Morgan fingerprint density at radius 1 is 1.44 bits per heavy atom. The van der Waals surface area contributed by atoms with Crippen LogP contribution in [0.15, 0.2) is 18.2 Å². The third-order valence-corrected chi connectivity index (χ3v) is 2.47. The molecule has 0 unspecified atom stereocenters. The number of ether oxygens (including phenoxy) is 1. The Kier molecular flexibility index (Phi) is 5.61. The molecular weight excluding hydrogens is 230 g/mol. The van der Waals surface area contributed by atoms with Crippen LogP contribution in [0.2, 0.25) is 0 Å². The quantitative estimate of drug-likeness (QED) is 0.739. The molecule has 1 aromatic rings. The van der Waals surface area contributed by atoms with E-state index in [0.717, 1.165) is 16.9 Å². The Labute approximate surface area is 108 Å². The van der Waals surface area contributed by atoms with E-state index in [9.17, 15) is 4.79 Å². The number of nitrogens with two attached hydrogens (primary N) is 1. The molecule has 0 heterocycles. The van der Waals surface area contributed by atoms with Crippen molar-refractivity contribution in [2.45, 2.75) is 6.92 Å². The molecule has 18 heavy (non-hydrogen) atoms. The average Bonchev–Trinajstić information content (AvgIpc) is 2.31. The molecule has 1 amide bonds. The predicted octanol–water partition coefficient (Wildman–Crippen LogP) is 0.975. The van der Waals surface area contributed by atoms with Crippen molar-refractivity contribution in [3.8, 4) is 0 Å². The number of nitrogens with zero attached hydrogens (tertiary/aromatic N) is 1. The maximum absolute atomic E-state index is 11.6. The highest BCUT2D eigenvalue weighted by atomic mass is 16.5. The van der Waals surface area contributed by atoms with Gasteiger partial charge in [0.05, 0.1) is 6.61 Å². The number of benzene rings is 1. The maximum Gasteiger partial charge on any atom is 0.250 e. The van der Waals surface area contributed by atoms with Gasteiger partial charge in [0.25, 0.3) is 0 Å². The Hall–Kier alpha value is -1.59. The van der Waals surface area contributed by atoms with Crippen LogP contribution in [0.5, 0.6) is 0 Å². The molecule has 0 saturated heterocycles. The Balaban J connectivity index is 2.62. The Morgan fingerprint density at radius 2 is 2.17 bits per heavy atom. The lowest BCUT2D eigenvalue weighted by molar-refractivity contribution is -0.120. The maximum atomic E-state index is 11.6. The first-order chi connectivity index (χ1) is 8.54. The highest BCUT2D eigenvalue weighted by Crippen LogP contribution is 2.22. The van der Waals surface area contributed by atoms with Crippen LogP contribution >= 0.6 is 0 Å². The summed E-state index contributed by atoms with van der Waals surface area (Å²) >= 11 is 0. The number of nitrogens with one attached hydrogen (secondary N) is 1. The normalized spacial score (nSPS) is 10.2. The molecule has 0 aliphatic rings. The molecule has 0 radical (unpaired) electrons. The van der Waals surface area contributed by atoms with Gasteiger partial charge < -0.3 is 20.7 Å². The van der Waals surface area contributed by atoms with Crippen LogP contribution in [-0.4, -0.2) is 39.8 Å². The summed E-state index contributed by atoms with van der Waals surface area (Å²) in [6.45, 7) is 2.88. The average molecular weight is 251 g/mol. The van der Waals surface area contributed by atoms with Crippen LogP contribution < -0.4 is 16.0 Å². The van der Waals surface area contributed by atoms with Gasteiger partial charge in [0.1, 0.15) is 6.61 Å². The number of aryl methyl sites for hydroxylation is 1. The number of hydrogen-bond donors (Lipinski definition) is 2. The van der Waals surface area contributed by atoms with Gasteiger partial charge in [-0.15, -0.1) is 0 Å². The lowest BCUT2D eigenvalue weighted by Crippen LogP contribution is -2.21. The number of carbonyl (C=O) groups excluding carboxylic acids is 1. The third-order valence-electron chi connectivity index (χ3n) is 2.47. The van der Waals surface area contributed by atoms with Crippen LogP contribution in [0.25, 0.3) is 0 Å². The summed E-state index contributed by atoms with van der Waals surface area (Å²) in [5.41, 5.74) is 8.29. The molecule has 0 atom stereocenters. The van der Waals surface area contributed by atoms with Crippen LogP contribution in [0.1, 0.15) is 5.56 Å². The summed E-state index contributed by atoms with van der Waals surface area (Å²) in [5, 5.41) is 2.79. The summed E-state index contributed by atoms with van der Waals surface area (Å²) in [6.07, 6.45) is 0. The molecule has 0 aromatic heterocycles. The summed E-state index contributed by atoms with van der Waals surface area (Å²) in [5.74, 6) is -0.169. The fourth-order valence-corrected chi connectivity index (χ4v) is 1.61. The van der Waals surface area contributed by atoms with E-state index in [1.807, 2.05) is 44.1 Å². The number of hydrogen-bond acceptors (Lipinski definition) is 4. The first kappa shape index (κ1) is 14.5. The highest BCUT2D eigenvalue weighted by Gasteiger charge is 2.05. The molecule has 3 N–H and O–H groups in total. The van der Waals surface area contributed by atoms with Crippen molar-refractivity contribution < 1.29 is 9.53 Å². The molecule has 1 rings (SSSR count). The molecule has 0 aliphatic carbocycles. The molecule has 0 saturated carbocycles. The first-order valence-electron chi connectivity index (χ1n) is 5.90. The molecule has 100 valence electrons.